The fraction of sp³-hybridized carbons (Fsp3) is 1.00. The maximum absolute atomic E-state index is 11.8. The third-order valence-electron chi connectivity index (χ3n) is 1.76. The summed E-state index contributed by atoms with van der Waals surface area (Å²) in [4.78, 5) is 0. The molecule has 0 aliphatic heterocycles. The average molecular weight is 278 g/mol. The lowest BCUT2D eigenvalue weighted by Gasteiger charge is -2.18. The molecule has 5 nitrogen and oxygen atoms in total. The van der Waals surface area contributed by atoms with Crippen molar-refractivity contribution < 1.29 is 26.7 Å². The number of hydrogen-bond donors (Lipinski definition) is 3. The van der Waals surface area contributed by atoms with Gasteiger partial charge in [0, 0.05) is 6.04 Å². The molecule has 0 aromatic rings. The average Bonchev–Trinajstić information content (AvgIpc) is 2.12. The van der Waals surface area contributed by atoms with Crippen LogP contribution >= 0.6 is 0 Å². The van der Waals surface area contributed by atoms with Gasteiger partial charge in [-0.25, -0.2) is 0 Å². The van der Waals surface area contributed by atoms with Crippen LogP contribution in [-0.2, 0) is 10.2 Å². The lowest BCUT2D eigenvalue weighted by molar-refractivity contribution is -0.121. The maximum atomic E-state index is 11.8. The van der Waals surface area contributed by atoms with Crippen LogP contribution in [0.3, 0.4) is 0 Å². The number of aliphatic hydroxyl groups is 1. The van der Waals surface area contributed by atoms with Crippen LogP contribution in [0.4, 0.5) is 13.2 Å². The Morgan fingerprint density at radius 1 is 1.29 bits per heavy atom. The summed E-state index contributed by atoms with van der Waals surface area (Å²) in [7, 11) is -4.25. The molecule has 1 unspecified atom stereocenters. The van der Waals surface area contributed by atoms with E-state index in [1.165, 1.54) is 4.72 Å². The highest BCUT2D eigenvalue weighted by Gasteiger charge is 2.30. The van der Waals surface area contributed by atoms with E-state index in [-0.39, 0.29) is 5.92 Å². The van der Waals surface area contributed by atoms with E-state index in [9.17, 15) is 21.6 Å². The van der Waals surface area contributed by atoms with Crippen molar-refractivity contribution in [2.24, 2.45) is 5.92 Å². The van der Waals surface area contributed by atoms with Gasteiger partial charge in [-0.15, -0.1) is 0 Å². The van der Waals surface area contributed by atoms with Gasteiger partial charge in [0.25, 0.3) is 10.2 Å². The Morgan fingerprint density at radius 2 is 1.82 bits per heavy atom. The minimum absolute atomic E-state index is 0.109. The van der Waals surface area contributed by atoms with Gasteiger partial charge in [-0.3, -0.25) is 0 Å². The molecule has 0 heterocycles. The highest BCUT2D eigenvalue weighted by atomic mass is 32.2. The Bertz CT molecular complexity index is 316. The molecule has 0 aromatic carbocycles. The molecule has 17 heavy (non-hydrogen) atoms. The number of alkyl halides is 3. The standard InChI is InChI=1S/C8H17F3N2O3S/c1-6(2)3-7(4-14)13-17(15,16)12-5-8(9,10)11/h6-7,12-14H,3-5H2,1-2H3. The number of aliphatic hydroxyl groups excluding tert-OH is 1. The molecule has 0 bridgehead atoms. The molecule has 0 aromatic heterocycles. The van der Waals surface area contributed by atoms with Crippen molar-refractivity contribution in [2.45, 2.75) is 32.5 Å². The first kappa shape index (κ1) is 16.6. The molecule has 104 valence electrons. The van der Waals surface area contributed by atoms with Crippen LogP contribution in [-0.4, -0.2) is 38.9 Å². The van der Waals surface area contributed by atoms with E-state index >= 15 is 0 Å². The number of nitrogens with one attached hydrogen (secondary N) is 2. The van der Waals surface area contributed by atoms with Crippen molar-refractivity contribution in [3.05, 3.63) is 0 Å². The summed E-state index contributed by atoms with van der Waals surface area (Å²) >= 11 is 0. The molecule has 3 N–H and O–H groups in total. The van der Waals surface area contributed by atoms with E-state index < -0.39 is 35.6 Å². The number of halogens is 3. The quantitative estimate of drug-likeness (QED) is 0.630. The summed E-state index contributed by atoms with van der Waals surface area (Å²) in [6.45, 7) is 1.51. The Balaban J connectivity index is 4.32. The van der Waals surface area contributed by atoms with E-state index in [1.54, 1.807) is 13.8 Å². The van der Waals surface area contributed by atoms with Crippen molar-refractivity contribution in [1.82, 2.24) is 9.44 Å². The molecular weight excluding hydrogens is 261 g/mol. The van der Waals surface area contributed by atoms with Crippen LogP contribution in [0.25, 0.3) is 0 Å². The topological polar surface area (TPSA) is 78.4 Å². The summed E-state index contributed by atoms with van der Waals surface area (Å²) in [5, 5.41) is 8.89. The van der Waals surface area contributed by atoms with E-state index in [2.05, 4.69) is 0 Å². The van der Waals surface area contributed by atoms with Gasteiger partial charge in [-0.2, -0.15) is 31.0 Å². The van der Waals surface area contributed by atoms with Gasteiger partial charge in [0.05, 0.1) is 6.61 Å². The molecule has 0 spiro atoms. The predicted molar refractivity (Wildman–Crippen MR) is 56.4 cm³/mol. The van der Waals surface area contributed by atoms with Crippen LogP contribution in [0.1, 0.15) is 20.3 Å². The summed E-state index contributed by atoms with van der Waals surface area (Å²) < 4.78 is 61.1. The highest BCUT2D eigenvalue weighted by molar-refractivity contribution is 7.87. The Morgan fingerprint density at radius 3 is 2.18 bits per heavy atom. The van der Waals surface area contributed by atoms with Crippen LogP contribution in [0.2, 0.25) is 0 Å². The smallest absolute Gasteiger partial charge is 0.395 e. The summed E-state index contributed by atoms with van der Waals surface area (Å²) in [5.74, 6) is 0.109. The van der Waals surface area contributed by atoms with Gasteiger partial charge >= 0.3 is 6.18 Å². The maximum Gasteiger partial charge on any atom is 0.402 e. The van der Waals surface area contributed by atoms with Gasteiger partial charge in [0.1, 0.15) is 6.54 Å². The molecule has 0 radical (unpaired) electrons. The second kappa shape index (κ2) is 6.53. The Hall–Kier alpha value is -0.380. The Labute approximate surface area is 98.6 Å². The number of hydrogen-bond acceptors (Lipinski definition) is 3. The second-order valence-corrected chi connectivity index (χ2v) is 5.60. The molecule has 0 saturated heterocycles. The fourth-order valence-corrected chi connectivity index (χ4v) is 2.21. The zero-order valence-electron chi connectivity index (χ0n) is 9.58. The van der Waals surface area contributed by atoms with E-state index in [0.29, 0.717) is 6.42 Å². The van der Waals surface area contributed by atoms with E-state index in [1.807, 2.05) is 4.72 Å². The first-order chi connectivity index (χ1) is 7.56. The van der Waals surface area contributed by atoms with Gasteiger partial charge in [-0.1, -0.05) is 13.8 Å². The SMILES string of the molecule is CC(C)CC(CO)NS(=O)(=O)NCC(F)(F)F. The first-order valence-corrected chi connectivity index (χ1v) is 6.48. The van der Waals surface area contributed by atoms with Gasteiger partial charge in [0.2, 0.25) is 0 Å². The van der Waals surface area contributed by atoms with Crippen LogP contribution in [0.15, 0.2) is 0 Å². The minimum atomic E-state index is -4.61. The molecular formula is C8H17F3N2O3S. The first-order valence-electron chi connectivity index (χ1n) is 5.00. The fourth-order valence-electron chi connectivity index (χ4n) is 1.17. The molecule has 0 amide bonds. The molecule has 0 rings (SSSR count). The lowest BCUT2D eigenvalue weighted by atomic mass is 10.1. The number of rotatable bonds is 7. The monoisotopic (exact) mass is 278 g/mol. The highest BCUT2D eigenvalue weighted by Crippen LogP contribution is 2.12. The molecule has 0 fully saturated rings. The van der Waals surface area contributed by atoms with Crippen molar-refractivity contribution in [2.75, 3.05) is 13.2 Å². The van der Waals surface area contributed by atoms with Gasteiger partial charge in [0.15, 0.2) is 0 Å². The van der Waals surface area contributed by atoms with Crippen LogP contribution in [0.5, 0.6) is 0 Å². The molecule has 0 aliphatic carbocycles. The molecule has 1 atom stereocenters. The van der Waals surface area contributed by atoms with Crippen LogP contribution < -0.4 is 9.44 Å². The van der Waals surface area contributed by atoms with Gasteiger partial charge < -0.3 is 5.11 Å². The zero-order valence-corrected chi connectivity index (χ0v) is 10.4. The largest absolute Gasteiger partial charge is 0.402 e. The molecule has 0 aliphatic rings. The normalized spacial score (nSPS) is 15.2. The van der Waals surface area contributed by atoms with Crippen molar-refractivity contribution in [1.29, 1.82) is 0 Å². The van der Waals surface area contributed by atoms with Crippen molar-refractivity contribution in [3.8, 4) is 0 Å². The summed E-state index contributed by atoms with van der Waals surface area (Å²) in [5.41, 5.74) is 0. The minimum Gasteiger partial charge on any atom is -0.395 e. The lowest BCUT2D eigenvalue weighted by Crippen LogP contribution is -2.47. The molecule has 0 saturated carbocycles. The predicted octanol–water partition coefficient (Wildman–Crippen LogP) is 0.380. The van der Waals surface area contributed by atoms with Crippen molar-refractivity contribution in [3.63, 3.8) is 0 Å². The Kier molecular flexibility index (Phi) is 6.38. The second-order valence-electron chi connectivity index (χ2n) is 4.07. The summed E-state index contributed by atoms with van der Waals surface area (Å²) in [6, 6.07) is -0.791. The van der Waals surface area contributed by atoms with Crippen LogP contribution in [0, 0.1) is 5.92 Å². The van der Waals surface area contributed by atoms with E-state index in [0.717, 1.165) is 0 Å². The third-order valence-corrected chi connectivity index (χ3v) is 2.93. The third kappa shape index (κ3) is 9.33. The van der Waals surface area contributed by atoms with Crippen molar-refractivity contribution >= 4 is 10.2 Å². The zero-order chi connectivity index (χ0) is 13.7. The van der Waals surface area contributed by atoms with E-state index in [4.69, 9.17) is 5.11 Å². The summed E-state index contributed by atoms with van der Waals surface area (Å²) in [6.07, 6.45) is -4.27. The molecule has 9 heteroatoms. The van der Waals surface area contributed by atoms with Gasteiger partial charge in [-0.05, 0) is 12.3 Å².